The van der Waals surface area contributed by atoms with Gasteiger partial charge in [-0.3, -0.25) is 0 Å². The molecule has 0 saturated heterocycles. The van der Waals surface area contributed by atoms with Crippen LogP contribution in [0.4, 0.5) is 8.78 Å². The maximum absolute atomic E-state index is 13.5. The van der Waals surface area contributed by atoms with Crippen molar-refractivity contribution >= 4 is 27.5 Å². The van der Waals surface area contributed by atoms with Gasteiger partial charge < -0.3 is 4.74 Å². The Morgan fingerprint density at radius 3 is 2.45 bits per heavy atom. The summed E-state index contributed by atoms with van der Waals surface area (Å²) >= 11 is 9.24. The second-order valence-corrected chi connectivity index (χ2v) is 5.52. The van der Waals surface area contributed by atoms with Crippen LogP contribution < -0.4 is 4.74 Å². The van der Waals surface area contributed by atoms with Crippen LogP contribution in [0.2, 0.25) is 0 Å². The van der Waals surface area contributed by atoms with Gasteiger partial charge in [0.05, 0.1) is 11.4 Å². The van der Waals surface area contributed by atoms with E-state index in [-0.39, 0.29) is 18.1 Å². The average Bonchev–Trinajstić information content (AvgIpc) is 2.39. The minimum Gasteiger partial charge on any atom is -0.488 e. The zero-order chi connectivity index (χ0) is 14.7. The Hall–Kier alpha value is -1.13. The average molecular weight is 362 g/mol. The van der Waals surface area contributed by atoms with E-state index in [0.717, 1.165) is 15.6 Å². The number of hydrogen-bond donors (Lipinski definition) is 0. The number of aryl methyl sites for hydroxylation is 1. The highest BCUT2D eigenvalue weighted by atomic mass is 79.9. The predicted molar refractivity (Wildman–Crippen MR) is 79.1 cm³/mol. The minimum absolute atomic E-state index is 0.0876. The predicted octanol–water partition coefficient (Wildman–Crippen LogP) is 5.35. The van der Waals surface area contributed by atoms with E-state index in [4.69, 9.17) is 16.3 Å². The van der Waals surface area contributed by atoms with Crippen molar-refractivity contribution in [2.45, 2.75) is 19.4 Å². The molecule has 2 rings (SSSR count). The van der Waals surface area contributed by atoms with Crippen molar-refractivity contribution in [3.8, 4) is 5.75 Å². The highest BCUT2D eigenvalue weighted by Gasteiger charge is 2.12. The van der Waals surface area contributed by atoms with Gasteiger partial charge in [-0.25, -0.2) is 8.78 Å². The quantitative estimate of drug-likeness (QED) is 0.667. The maximum atomic E-state index is 13.5. The first-order valence-corrected chi connectivity index (χ1v) is 7.26. The zero-order valence-electron chi connectivity index (χ0n) is 10.7. The van der Waals surface area contributed by atoms with Gasteiger partial charge in [0.25, 0.3) is 0 Å². The summed E-state index contributed by atoms with van der Waals surface area (Å²) in [6.45, 7) is 1.68. The lowest BCUT2D eigenvalue weighted by Crippen LogP contribution is -2.04. The fraction of sp³-hybridized carbons (Fsp3) is 0.200. The van der Waals surface area contributed by atoms with Crippen molar-refractivity contribution in [2.24, 2.45) is 0 Å². The number of ether oxygens (including phenoxy) is 1. The van der Waals surface area contributed by atoms with Gasteiger partial charge in [0, 0.05) is 10.0 Å². The first kappa shape index (κ1) is 15.3. The van der Waals surface area contributed by atoms with E-state index in [1.165, 1.54) is 18.2 Å². The summed E-state index contributed by atoms with van der Waals surface area (Å²) in [6, 6.07) is 7.43. The molecule has 0 heterocycles. The number of halogens is 4. The lowest BCUT2D eigenvalue weighted by molar-refractivity contribution is 0.288. The van der Waals surface area contributed by atoms with E-state index in [1.807, 2.05) is 19.1 Å². The first-order chi connectivity index (χ1) is 9.52. The molecule has 0 aliphatic carbocycles. The first-order valence-electron chi connectivity index (χ1n) is 5.93. The fourth-order valence-corrected chi connectivity index (χ4v) is 2.74. The van der Waals surface area contributed by atoms with Crippen molar-refractivity contribution in [2.75, 3.05) is 0 Å². The molecule has 0 N–H and O–H groups in total. The standard InChI is InChI=1S/C15H12BrClF2O/c1-9-5-11(16)6-10(7-17)15(9)20-8-12-13(18)3-2-4-14(12)19/h2-6H,7-8H2,1H3. The number of alkyl halides is 1. The largest absolute Gasteiger partial charge is 0.488 e. The van der Waals surface area contributed by atoms with Crippen molar-refractivity contribution in [3.63, 3.8) is 0 Å². The lowest BCUT2D eigenvalue weighted by atomic mass is 10.1. The van der Waals surface area contributed by atoms with E-state index in [2.05, 4.69) is 15.9 Å². The van der Waals surface area contributed by atoms with Crippen LogP contribution in [0, 0.1) is 18.6 Å². The molecule has 0 spiro atoms. The SMILES string of the molecule is Cc1cc(Br)cc(CCl)c1OCc1c(F)cccc1F. The molecule has 0 saturated carbocycles. The molecule has 2 aromatic rings. The third-order valence-corrected chi connectivity index (χ3v) is 3.63. The molecule has 0 aromatic heterocycles. The summed E-state index contributed by atoms with van der Waals surface area (Å²) in [5.74, 6) is -0.416. The van der Waals surface area contributed by atoms with Crippen molar-refractivity contribution in [1.82, 2.24) is 0 Å². The van der Waals surface area contributed by atoms with E-state index < -0.39 is 11.6 Å². The molecule has 0 fully saturated rings. The van der Waals surface area contributed by atoms with Gasteiger partial charge in [0.2, 0.25) is 0 Å². The Bertz CT molecular complexity index is 611. The van der Waals surface area contributed by atoms with Gasteiger partial charge in [-0.2, -0.15) is 0 Å². The van der Waals surface area contributed by atoms with Gasteiger partial charge in [-0.05, 0) is 36.8 Å². The van der Waals surface area contributed by atoms with Crippen LogP contribution in [0.5, 0.6) is 5.75 Å². The Balaban J connectivity index is 2.27. The third-order valence-electron chi connectivity index (χ3n) is 2.88. The molecule has 0 unspecified atom stereocenters. The molecule has 0 bridgehead atoms. The summed E-state index contributed by atoms with van der Waals surface area (Å²) in [5, 5.41) is 0. The molecule has 5 heteroatoms. The van der Waals surface area contributed by atoms with Gasteiger partial charge in [-0.1, -0.05) is 22.0 Å². The molecular formula is C15H12BrClF2O. The van der Waals surface area contributed by atoms with Crippen LogP contribution >= 0.6 is 27.5 Å². The number of benzene rings is 2. The van der Waals surface area contributed by atoms with E-state index >= 15 is 0 Å². The molecular weight excluding hydrogens is 350 g/mol. The molecule has 2 aromatic carbocycles. The van der Waals surface area contributed by atoms with Crippen LogP contribution in [-0.4, -0.2) is 0 Å². The molecule has 0 atom stereocenters. The molecule has 0 aliphatic rings. The molecule has 0 aliphatic heterocycles. The normalized spacial score (nSPS) is 10.7. The van der Waals surface area contributed by atoms with E-state index in [0.29, 0.717) is 5.75 Å². The Kier molecular flexibility index (Phi) is 5.00. The van der Waals surface area contributed by atoms with Gasteiger partial charge in [0.15, 0.2) is 0 Å². The topological polar surface area (TPSA) is 9.23 Å². The zero-order valence-corrected chi connectivity index (χ0v) is 13.1. The summed E-state index contributed by atoms with van der Waals surface area (Å²) in [6.07, 6.45) is 0. The smallest absolute Gasteiger partial charge is 0.132 e. The van der Waals surface area contributed by atoms with E-state index in [9.17, 15) is 8.78 Å². The molecule has 20 heavy (non-hydrogen) atoms. The Morgan fingerprint density at radius 1 is 1.20 bits per heavy atom. The minimum atomic E-state index is -0.618. The summed E-state index contributed by atoms with van der Waals surface area (Å²) in [5.41, 5.74) is 1.54. The summed E-state index contributed by atoms with van der Waals surface area (Å²) in [4.78, 5) is 0. The van der Waals surface area contributed by atoms with Crippen LogP contribution in [0.1, 0.15) is 16.7 Å². The molecule has 0 radical (unpaired) electrons. The third kappa shape index (κ3) is 3.30. The van der Waals surface area contributed by atoms with Gasteiger partial charge in [-0.15, -0.1) is 11.6 Å². The van der Waals surface area contributed by atoms with Crippen LogP contribution in [0.15, 0.2) is 34.8 Å². The number of hydrogen-bond acceptors (Lipinski definition) is 1. The fourth-order valence-electron chi connectivity index (χ4n) is 1.92. The highest BCUT2D eigenvalue weighted by molar-refractivity contribution is 9.10. The molecule has 1 nitrogen and oxygen atoms in total. The highest BCUT2D eigenvalue weighted by Crippen LogP contribution is 2.30. The van der Waals surface area contributed by atoms with Crippen LogP contribution in [0.25, 0.3) is 0 Å². The maximum Gasteiger partial charge on any atom is 0.132 e. The monoisotopic (exact) mass is 360 g/mol. The van der Waals surface area contributed by atoms with Gasteiger partial charge in [0.1, 0.15) is 24.0 Å². The van der Waals surface area contributed by atoms with Crippen molar-refractivity contribution < 1.29 is 13.5 Å². The van der Waals surface area contributed by atoms with Gasteiger partial charge >= 0.3 is 0 Å². The van der Waals surface area contributed by atoms with Crippen molar-refractivity contribution in [3.05, 3.63) is 63.1 Å². The second kappa shape index (κ2) is 6.55. The number of rotatable bonds is 4. The Labute approximate surface area is 129 Å². The lowest BCUT2D eigenvalue weighted by Gasteiger charge is -2.14. The summed E-state index contributed by atoms with van der Waals surface area (Å²) in [7, 11) is 0. The molecule has 0 amide bonds. The van der Waals surface area contributed by atoms with Crippen molar-refractivity contribution in [1.29, 1.82) is 0 Å². The van der Waals surface area contributed by atoms with Crippen LogP contribution in [0.3, 0.4) is 0 Å². The van der Waals surface area contributed by atoms with Crippen LogP contribution in [-0.2, 0) is 12.5 Å². The van der Waals surface area contributed by atoms with E-state index in [1.54, 1.807) is 0 Å². The Morgan fingerprint density at radius 2 is 1.85 bits per heavy atom. The second-order valence-electron chi connectivity index (χ2n) is 4.33. The summed E-state index contributed by atoms with van der Waals surface area (Å²) < 4.78 is 33.6. The molecule has 106 valence electrons.